The first-order valence-corrected chi connectivity index (χ1v) is 11.5. The highest BCUT2D eigenvalue weighted by atomic mass is 32.2. The van der Waals surface area contributed by atoms with E-state index in [1.165, 1.54) is 0 Å². The van der Waals surface area contributed by atoms with E-state index >= 15 is 0 Å². The van der Waals surface area contributed by atoms with Crippen molar-refractivity contribution in [1.29, 1.82) is 0 Å². The number of hydrogen-bond acceptors (Lipinski definition) is 7. The molecule has 0 bridgehead atoms. The molecule has 31 heavy (non-hydrogen) atoms. The molecule has 0 amide bonds. The average molecular weight is 440 g/mol. The quantitative estimate of drug-likeness (QED) is 0.390. The van der Waals surface area contributed by atoms with Crippen molar-refractivity contribution in [3.8, 4) is 0 Å². The molecule has 4 rings (SSSR count). The molecule has 0 fully saturated rings. The number of fused-ring (bicyclic) bond motifs is 2. The molecule has 10 heteroatoms. The molecule has 0 aliphatic heterocycles. The number of anilines is 2. The van der Waals surface area contributed by atoms with Crippen molar-refractivity contribution in [3.05, 3.63) is 66.4 Å². The van der Waals surface area contributed by atoms with E-state index in [2.05, 4.69) is 38.5 Å². The highest BCUT2D eigenvalue weighted by Gasteiger charge is 2.24. The zero-order valence-electron chi connectivity index (χ0n) is 17.4. The van der Waals surface area contributed by atoms with Gasteiger partial charge in [0.1, 0.15) is 0 Å². The van der Waals surface area contributed by atoms with Gasteiger partial charge in [0.15, 0.2) is 5.82 Å². The van der Waals surface area contributed by atoms with Crippen molar-refractivity contribution in [2.24, 2.45) is 0 Å². The van der Waals surface area contributed by atoms with Crippen LogP contribution in [0.5, 0.6) is 0 Å². The maximum absolute atomic E-state index is 12.8. The minimum Gasteiger partial charge on any atom is -0.332 e. The normalized spacial score (nSPS) is 13.2. The van der Waals surface area contributed by atoms with E-state index in [1.807, 2.05) is 11.8 Å². The zero-order valence-corrected chi connectivity index (χ0v) is 18.2. The standard InChI is InChI=1S/C21H25N7O2S/c1-4-13-27(14-5-2)21-23-20-22-18-8-6-7-17(18)19(28(20)25-21)24-26-31(29,30)16-11-9-15(3)10-12-16/h4-5,9-12,24,26H,1-2,6-8,13-14H2,3H3. The third-order valence-electron chi connectivity index (χ3n) is 5.12. The van der Waals surface area contributed by atoms with Gasteiger partial charge in [-0.2, -0.15) is 9.50 Å². The van der Waals surface area contributed by atoms with Crippen LogP contribution in [0, 0.1) is 6.92 Å². The maximum atomic E-state index is 12.8. The Kier molecular flexibility index (Phi) is 5.75. The van der Waals surface area contributed by atoms with Crippen molar-refractivity contribution >= 4 is 27.6 Å². The molecule has 9 nitrogen and oxygen atoms in total. The van der Waals surface area contributed by atoms with Crippen molar-refractivity contribution in [2.75, 3.05) is 23.4 Å². The largest absolute Gasteiger partial charge is 0.332 e. The van der Waals surface area contributed by atoms with Crippen LogP contribution in [0.2, 0.25) is 0 Å². The van der Waals surface area contributed by atoms with Gasteiger partial charge in [-0.05, 0) is 38.3 Å². The van der Waals surface area contributed by atoms with Gasteiger partial charge in [0.2, 0.25) is 5.95 Å². The van der Waals surface area contributed by atoms with Crippen LogP contribution in [0.1, 0.15) is 23.2 Å². The Balaban J connectivity index is 1.71. The van der Waals surface area contributed by atoms with Crippen molar-refractivity contribution in [1.82, 2.24) is 24.4 Å². The predicted octanol–water partition coefficient (Wildman–Crippen LogP) is 2.41. The Labute approximate surface area is 181 Å². The topological polar surface area (TPSA) is 105 Å². The second kappa shape index (κ2) is 8.48. The summed E-state index contributed by atoms with van der Waals surface area (Å²) in [4.78, 5) is 13.8. The van der Waals surface area contributed by atoms with Crippen LogP contribution in [-0.4, -0.2) is 41.1 Å². The van der Waals surface area contributed by atoms with Crippen LogP contribution in [0.3, 0.4) is 0 Å². The summed E-state index contributed by atoms with van der Waals surface area (Å²) in [6, 6.07) is 6.66. The summed E-state index contributed by atoms with van der Waals surface area (Å²) in [6.07, 6.45) is 6.07. The minimum atomic E-state index is -3.77. The molecule has 0 saturated carbocycles. The van der Waals surface area contributed by atoms with Crippen LogP contribution < -0.4 is 15.2 Å². The molecule has 0 spiro atoms. The molecule has 2 N–H and O–H groups in total. The number of aromatic nitrogens is 4. The third kappa shape index (κ3) is 4.17. The van der Waals surface area contributed by atoms with Crippen LogP contribution in [-0.2, 0) is 22.9 Å². The molecule has 2 heterocycles. The molecule has 0 saturated heterocycles. The number of hydrazine groups is 1. The average Bonchev–Trinajstić information content (AvgIpc) is 3.38. The van der Waals surface area contributed by atoms with E-state index < -0.39 is 10.0 Å². The molecule has 2 aromatic heterocycles. The smallest absolute Gasteiger partial charge is 0.257 e. The summed E-state index contributed by atoms with van der Waals surface area (Å²) in [7, 11) is -3.77. The van der Waals surface area contributed by atoms with Gasteiger partial charge in [0, 0.05) is 18.7 Å². The number of rotatable bonds is 9. The van der Waals surface area contributed by atoms with Gasteiger partial charge in [-0.15, -0.1) is 23.1 Å². The van der Waals surface area contributed by atoms with Gasteiger partial charge in [0.25, 0.3) is 15.8 Å². The Morgan fingerprint density at radius 2 is 1.84 bits per heavy atom. The zero-order chi connectivity index (χ0) is 22.0. The highest BCUT2D eigenvalue weighted by molar-refractivity contribution is 7.89. The first-order chi connectivity index (χ1) is 14.9. The van der Waals surface area contributed by atoms with Gasteiger partial charge in [-0.1, -0.05) is 29.8 Å². The van der Waals surface area contributed by atoms with E-state index in [0.717, 1.165) is 36.1 Å². The summed E-state index contributed by atoms with van der Waals surface area (Å²) >= 11 is 0. The van der Waals surface area contributed by atoms with E-state index in [-0.39, 0.29) is 4.90 Å². The Hall–Kier alpha value is -3.24. The van der Waals surface area contributed by atoms with E-state index in [4.69, 9.17) is 0 Å². The molecule has 1 aromatic carbocycles. The molecule has 1 aliphatic rings. The summed E-state index contributed by atoms with van der Waals surface area (Å²) in [5, 5.41) is 4.59. The summed E-state index contributed by atoms with van der Waals surface area (Å²) < 4.78 is 27.1. The molecular formula is C21H25N7O2S. The molecule has 0 atom stereocenters. The fourth-order valence-corrected chi connectivity index (χ4v) is 4.42. The van der Waals surface area contributed by atoms with Crippen molar-refractivity contribution in [2.45, 2.75) is 31.1 Å². The first kappa shape index (κ1) is 21.0. The van der Waals surface area contributed by atoms with Crippen LogP contribution in [0.4, 0.5) is 11.8 Å². The van der Waals surface area contributed by atoms with Crippen molar-refractivity contribution < 1.29 is 8.42 Å². The number of aryl methyl sites for hydroxylation is 2. The molecular weight excluding hydrogens is 414 g/mol. The molecule has 3 aromatic rings. The number of nitrogens with zero attached hydrogens (tertiary/aromatic N) is 5. The fraction of sp³-hybridized carbons (Fsp3) is 0.286. The Morgan fingerprint density at radius 3 is 2.52 bits per heavy atom. The molecule has 162 valence electrons. The molecule has 0 unspecified atom stereocenters. The second-order valence-corrected chi connectivity index (χ2v) is 9.07. The van der Waals surface area contributed by atoms with Crippen LogP contribution in [0.25, 0.3) is 5.78 Å². The summed E-state index contributed by atoms with van der Waals surface area (Å²) in [6.45, 7) is 10.6. The third-order valence-corrected chi connectivity index (χ3v) is 6.38. The van der Waals surface area contributed by atoms with E-state index in [1.54, 1.807) is 40.9 Å². The van der Waals surface area contributed by atoms with E-state index in [0.29, 0.717) is 30.6 Å². The lowest BCUT2D eigenvalue weighted by Gasteiger charge is -2.16. The summed E-state index contributed by atoms with van der Waals surface area (Å²) in [5.74, 6) is 1.41. The number of nitrogens with one attached hydrogen (secondary N) is 2. The lowest BCUT2D eigenvalue weighted by atomic mass is 10.2. The van der Waals surface area contributed by atoms with Gasteiger partial charge >= 0.3 is 0 Å². The van der Waals surface area contributed by atoms with E-state index in [9.17, 15) is 8.42 Å². The molecule has 0 radical (unpaired) electrons. The molecule has 1 aliphatic carbocycles. The first-order valence-electron chi connectivity index (χ1n) is 10.0. The van der Waals surface area contributed by atoms with Crippen LogP contribution in [0.15, 0.2) is 54.5 Å². The second-order valence-electron chi connectivity index (χ2n) is 7.39. The van der Waals surface area contributed by atoms with Gasteiger partial charge in [-0.25, -0.2) is 13.4 Å². The van der Waals surface area contributed by atoms with Crippen LogP contribution >= 0.6 is 0 Å². The lowest BCUT2D eigenvalue weighted by Crippen LogP contribution is -2.31. The highest BCUT2D eigenvalue weighted by Crippen LogP contribution is 2.28. The maximum Gasteiger partial charge on any atom is 0.257 e. The minimum absolute atomic E-state index is 0.176. The van der Waals surface area contributed by atoms with Crippen molar-refractivity contribution in [3.63, 3.8) is 0 Å². The monoisotopic (exact) mass is 439 g/mol. The number of benzene rings is 1. The fourth-order valence-electron chi connectivity index (χ4n) is 3.57. The predicted molar refractivity (Wildman–Crippen MR) is 121 cm³/mol. The van der Waals surface area contributed by atoms with Gasteiger partial charge in [0.05, 0.1) is 10.6 Å². The van der Waals surface area contributed by atoms with Gasteiger partial charge in [-0.3, -0.25) is 5.43 Å². The number of hydrogen-bond donors (Lipinski definition) is 2. The Morgan fingerprint density at radius 1 is 1.13 bits per heavy atom. The Bertz CT molecular complexity index is 1220. The number of sulfonamides is 1. The summed E-state index contributed by atoms with van der Waals surface area (Å²) in [5.41, 5.74) is 5.71. The lowest BCUT2D eigenvalue weighted by molar-refractivity contribution is 0.587. The SMILES string of the molecule is C=CCN(CC=C)c1nc2nc3c(c(NNS(=O)(=O)c4ccc(C)cc4)n2n1)CCC3. The van der Waals surface area contributed by atoms with Gasteiger partial charge < -0.3 is 4.90 Å².